The summed E-state index contributed by atoms with van der Waals surface area (Å²) in [6, 6.07) is 0.194. The summed E-state index contributed by atoms with van der Waals surface area (Å²) in [4.78, 5) is 30.8. The number of H-pyrrole nitrogens is 1. The molecule has 0 bridgehead atoms. The SMILES string of the molecule is CC(=O)NC1CCN(c2nc[nH]c(=O)c2Cl)CC1. The van der Waals surface area contributed by atoms with Crippen molar-refractivity contribution in [1.29, 1.82) is 0 Å². The third-order valence-electron chi connectivity index (χ3n) is 2.98. The lowest BCUT2D eigenvalue weighted by Gasteiger charge is -2.33. The maximum absolute atomic E-state index is 11.4. The van der Waals surface area contributed by atoms with Crippen LogP contribution < -0.4 is 15.8 Å². The van der Waals surface area contributed by atoms with Gasteiger partial charge in [-0.1, -0.05) is 11.6 Å². The molecule has 1 amide bonds. The molecule has 1 fully saturated rings. The van der Waals surface area contributed by atoms with Gasteiger partial charge in [0.05, 0.1) is 6.33 Å². The van der Waals surface area contributed by atoms with E-state index in [0.29, 0.717) is 5.82 Å². The molecule has 2 heterocycles. The highest BCUT2D eigenvalue weighted by molar-refractivity contribution is 6.32. The van der Waals surface area contributed by atoms with Crippen molar-refractivity contribution in [2.75, 3.05) is 18.0 Å². The van der Waals surface area contributed by atoms with Gasteiger partial charge in [0, 0.05) is 26.1 Å². The molecule has 1 aliphatic heterocycles. The molecule has 1 aliphatic rings. The van der Waals surface area contributed by atoms with E-state index in [1.165, 1.54) is 13.3 Å². The zero-order chi connectivity index (χ0) is 13.1. The minimum absolute atomic E-state index is 0.0132. The number of aromatic amines is 1. The van der Waals surface area contributed by atoms with Crippen LogP contribution in [0.25, 0.3) is 0 Å². The van der Waals surface area contributed by atoms with Crippen molar-refractivity contribution in [3.8, 4) is 0 Å². The molecule has 98 valence electrons. The number of nitrogens with zero attached hydrogens (tertiary/aromatic N) is 2. The maximum Gasteiger partial charge on any atom is 0.271 e. The molecule has 1 saturated heterocycles. The van der Waals surface area contributed by atoms with Gasteiger partial charge in [-0.15, -0.1) is 0 Å². The maximum atomic E-state index is 11.4. The van der Waals surface area contributed by atoms with Gasteiger partial charge < -0.3 is 15.2 Å². The second-order valence-electron chi connectivity index (χ2n) is 4.33. The van der Waals surface area contributed by atoms with Crippen LogP contribution in [0, 0.1) is 0 Å². The Bertz CT molecular complexity index is 494. The lowest BCUT2D eigenvalue weighted by Crippen LogP contribution is -2.44. The van der Waals surface area contributed by atoms with Crippen LogP contribution in [0.4, 0.5) is 5.82 Å². The van der Waals surface area contributed by atoms with E-state index in [-0.39, 0.29) is 22.5 Å². The average molecular weight is 271 g/mol. The molecule has 7 heteroatoms. The number of carbonyl (C=O) groups is 1. The van der Waals surface area contributed by atoms with Crippen molar-refractivity contribution in [3.05, 3.63) is 21.7 Å². The molecule has 1 aromatic heterocycles. The molecule has 6 nitrogen and oxygen atoms in total. The van der Waals surface area contributed by atoms with Gasteiger partial charge in [-0.2, -0.15) is 0 Å². The second kappa shape index (κ2) is 5.39. The zero-order valence-electron chi connectivity index (χ0n) is 10.1. The largest absolute Gasteiger partial charge is 0.355 e. The summed E-state index contributed by atoms with van der Waals surface area (Å²) in [7, 11) is 0. The van der Waals surface area contributed by atoms with Gasteiger partial charge in [0.15, 0.2) is 5.82 Å². The summed E-state index contributed by atoms with van der Waals surface area (Å²) in [5, 5.41) is 3.01. The smallest absolute Gasteiger partial charge is 0.271 e. The average Bonchev–Trinajstić information content (AvgIpc) is 2.33. The van der Waals surface area contributed by atoms with E-state index in [2.05, 4.69) is 15.3 Å². The van der Waals surface area contributed by atoms with E-state index >= 15 is 0 Å². The number of anilines is 1. The molecule has 0 spiro atoms. The Balaban J connectivity index is 2.03. The third-order valence-corrected chi connectivity index (χ3v) is 3.32. The first-order valence-corrected chi connectivity index (χ1v) is 6.21. The predicted molar refractivity (Wildman–Crippen MR) is 68.9 cm³/mol. The first kappa shape index (κ1) is 12.9. The Hall–Kier alpha value is -1.56. The monoisotopic (exact) mass is 270 g/mol. The molecule has 2 rings (SSSR count). The number of halogens is 1. The molecular formula is C11H15ClN4O2. The van der Waals surface area contributed by atoms with Crippen LogP contribution in [-0.4, -0.2) is 35.0 Å². The molecular weight excluding hydrogens is 256 g/mol. The quantitative estimate of drug-likeness (QED) is 0.822. The normalized spacial score (nSPS) is 16.7. The molecule has 0 unspecified atom stereocenters. The summed E-state index contributed by atoms with van der Waals surface area (Å²) in [5.74, 6) is 0.502. The van der Waals surface area contributed by atoms with Crippen molar-refractivity contribution >= 4 is 23.3 Å². The number of rotatable bonds is 2. The Morgan fingerprint density at radius 1 is 1.56 bits per heavy atom. The van der Waals surface area contributed by atoms with Crippen LogP contribution in [-0.2, 0) is 4.79 Å². The van der Waals surface area contributed by atoms with Gasteiger partial charge in [-0.05, 0) is 12.8 Å². The fraction of sp³-hybridized carbons (Fsp3) is 0.545. The summed E-state index contributed by atoms with van der Waals surface area (Å²) < 4.78 is 0. The highest BCUT2D eigenvalue weighted by Gasteiger charge is 2.22. The lowest BCUT2D eigenvalue weighted by atomic mass is 10.1. The number of carbonyl (C=O) groups excluding carboxylic acids is 1. The minimum Gasteiger partial charge on any atom is -0.355 e. The van der Waals surface area contributed by atoms with E-state index in [1.54, 1.807) is 0 Å². The first-order valence-electron chi connectivity index (χ1n) is 5.83. The molecule has 0 aliphatic carbocycles. The summed E-state index contributed by atoms with van der Waals surface area (Å²) in [5.41, 5.74) is -0.328. The minimum atomic E-state index is -0.328. The van der Waals surface area contributed by atoms with Crippen molar-refractivity contribution in [2.45, 2.75) is 25.8 Å². The molecule has 1 aromatic rings. The van der Waals surface area contributed by atoms with Crippen LogP contribution in [0.5, 0.6) is 0 Å². The topological polar surface area (TPSA) is 78.1 Å². The van der Waals surface area contributed by atoms with Crippen LogP contribution >= 0.6 is 11.6 Å². The van der Waals surface area contributed by atoms with Gasteiger partial charge in [-0.3, -0.25) is 9.59 Å². The molecule has 18 heavy (non-hydrogen) atoms. The molecule has 0 aromatic carbocycles. The zero-order valence-corrected chi connectivity index (χ0v) is 10.8. The second-order valence-corrected chi connectivity index (χ2v) is 4.71. The molecule has 0 saturated carbocycles. The van der Waals surface area contributed by atoms with E-state index in [0.717, 1.165) is 25.9 Å². The molecule has 0 radical (unpaired) electrons. The van der Waals surface area contributed by atoms with Crippen LogP contribution in [0.15, 0.2) is 11.1 Å². The summed E-state index contributed by atoms with van der Waals surface area (Å²) in [6.07, 6.45) is 3.00. The number of nitrogens with one attached hydrogen (secondary N) is 2. The van der Waals surface area contributed by atoms with E-state index in [4.69, 9.17) is 11.6 Å². The Kier molecular flexibility index (Phi) is 3.86. The predicted octanol–water partition coefficient (Wildman–Crippen LogP) is 0.528. The summed E-state index contributed by atoms with van der Waals surface area (Å²) in [6.45, 7) is 2.96. The number of hydrogen-bond donors (Lipinski definition) is 2. The first-order chi connectivity index (χ1) is 8.58. The van der Waals surface area contributed by atoms with Crippen molar-refractivity contribution < 1.29 is 4.79 Å². The number of aromatic nitrogens is 2. The van der Waals surface area contributed by atoms with Crippen molar-refractivity contribution in [2.24, 2.45) is 0 Å². The van der Waals surface area contributed by atoms with Crippen LogP contribution in [0.1, 0.15) is 19.8 Å². The third kappa shape index (κ3) is 2.81. The lowest BCUT2D eigenvalue weighted by molar-refractivity contribution is -0.119. The highest BCUT2D eigenvalue weighted by atomic mass is 35.5. The van der Waals surface area contributed by atoms with Crippen molar-refractivity contribution in [1.82, 2.24) is 15.3 Å². The number of amides is 1. The van der Waals surface area contributed by atoms with Gasteiger partial charge >= 0.3 is 0 Å². The van der Waals surface area contributed by atoms with Gasteiger partial charge in [-0.25, -0.2) is 4.98 Å². The molecule has 0 atom stereocenters. The van der Waals surface area contributed by atoms with Gasteiger partial charge in [0.1, 0.15) is 5.02 Å². The van der Waals surface area contributed by atoms with E-state index in [1.807, 2.05) is 4.90 Å². The van der Waals surface area contributed by atoms with Gasteiger partial charge in [0.25, 0.3) is 5.56 Å². The van der Waals surface area contributed by atoms with E-state index in [9.17, 15) is 9.59 Å². The van der Waals surface area contributed by atoms with E-state index < -0.39 is 0 Å². The standard InChI is InChI=1S/C11H15ClN4O2/c1-7(17)15-8-2-4-16(5-3-8)10-9(12)11(18)14-6-13-10/h6,8H,2-5H2,1H3,(H,15,17)(H,13,14,18). The number of hydrogen-bond acceptors (Lipinski definition) is 4. The summed E-state index contributed by atoms with van der Waals surface area (Å²) >= 11 is 5.93. The van der Waals surface area contributed by atoms with Crippen LogP contribution in [0.2, 0.25) is 5.02 Å². The fourth-order valence-electron chi connectivity index (χ4n) is 2.12. The van der Waals surface area contributed by atoms with Gasteiger partial charge in [0.2, 0.25) is 5.91 Å². The number of piperidine rings is 1. The molecule has 2 N–H and O–H groups in total. The Morgan fingerprint density at radius 3 is 2.83 bits per heavy atom. The highest BCUT2D eigenvalue weighted by Crippen LogP contribution is 2.22. The fourth-order valence-corrected chi connectivity index (χ4v) is 2.34. The van der Waals surface area contributed by atoms with Crippen LogP contribution in [0.3, 0.4) is 0 Å². The van der Waals surface area contributed by atoms with Crippen molar-refractivity contribution in [3.63, 3.8) is 0 Å². The Morgan fingerprint density at radius 2 is 2.22 bits per heavy atom. The Labute approximate surface area is 109 Å².